The molecule has 1 aromatic heterocycles. The summed E-state index contributed by atoms with van der Waals surface area (Å²) in [5.74, 6) is 1.30. The Morgan fingerprint density at radius 3 is 2.62 bits per heavy atom. The third-order valence-corrected chi connectivity index (χ3v) is 5.96. The maximum Gasteiger partial charge on any atom is 0.290 e. The number of nitrogens with one attached hydrogen (secondary N) is 1. The summed E-state index contributed by atoms with van der Waals surface area (Å²) in [6.07, 6.45) is 4.32. The second kappa shape index (κ2) is 8.72. The first-order valence-corrected chi connectivity index (χ1v) is 11.0. The fraction of sp³-hybridized carbons (Fsp3) is 0.0800. The van der Waals surface area contributed by atoms with Crippen molar-refractivity contribution in [2.75, 3.05) is 0 Å². The lowest BCUT2D eigenvalue weighted by atomic mass is 10.1. The highest BCUT2D eigenvalue weighted by Gasteiger charge is 2.24. The summed E-state index contributed by atoms with van der Waals surface area (Å²) in [6.45, 7) is 0.749. The lowest BCUT2D eigenvalue weighted by Crippen LogP contribution is -2.17. The predicted octanol–water partition coefficient (Wildman–Crippen LogP) is 5.40. The van der Waals surface area contributed by atoms with Gasteiger partial charge in [-0.1, -0.05) is 42.5 Å². The smallest absolute Gasteiger partial charge is 0.290 e. The van der Waals surface area contributed by atoms with Crippen molar-refractivity contribution in [3.63, 3.8) is 0 Å². The number of thioether (sulfide) groups is 1. The zero-order valence-electron chi connectivity index (χ0n) is 17.0. The van der Waals surface area contributed by atoms with Crippen LogP contribution < -0.4 is 10.1 Å². The Morgan fingerprint density at radius 1 is 1.00 bits per heavy atom. The molecule has 1 aliphatic rings. The average molecular weight is 442 g/mol. The molecular weight excluding hydrogens is 422 g/mol. The lowest BCUT2D eigenvalue weighted by Gasteiger charge is -2.12. The SMILES string of the molecule is O=C1NC(=O)/C(=C/c2ccc3c(c2)ncn3CCc2ccccc2Oc2ccccc2)S1. The fourth-order valence-electron chi connectivity index (χ4n) is 3.59. The minimum atomic E-state index is -0.359. The van der Waals surface area contributed by atoms with Gasteiger partial charge in [0.25, 0.3) is 11.1 Å². The molecule has 2 heterocycles. The Hall–Kier alpha value is -3.84. The van der Waals surface area contributed by atoms with Crippen molar-refractivity contribution in [1.29, 1.82) is 0 Å². The van der Waals surface area contributed by atoms with E-state index in [9.17, 15) is 9.59 Å². The highest BCUT2D eigenvalue weighted by Crippen LogP contribution is 2.28. The number of aryl methyl sites for hydroxylation is 2. The van der Waals surface area contributed by atoms with Gasteiger partial charge in [0.1, 0.15) is 11.5 Å². The number of aromatic nitrogens is 2. The topological polar surface area (TPSA) is 73.2 Å². The van der Waals surface area contributed by atoms with E-state index in [1.54, 1.807) is 6.08 Å². The summed E-state index contributed by atoms with van der Waals surface area (Å²) >= 11 is 0.911. The Kier molecular flexibility index (Phi) is 5.47. The summed E-state index contributed by atoms with van der Waals surface area (Å²) in [4.78, 5) is 28.0. The van der Waals surface area contributed by atoms with Crippen molar-refractivity contribution < 1.29 is 14.3 Å². The second-order valence-corrected chi connectivity index (χ2v) is 8.33. The van der Waals surface area contributed by atoms with E-state index in [1.807, 2.05) is 73.1 Å². The van der Waals surface area contributed by atoms with Crippen LogP contribution in [0, 0.1) is 0 Å². The van der Waals surface area contributed by atoms with Gasteiger partial charge in [-0.3, -0.25) is 14.9 Å². The van der Waals surface area contributed by atoms with E-state index in [-0.39, 0.29) is 11.1 Å². The lowest BCUT2D eigenvalue weighted by molar-refractivity contribution is -0.115. The molecule has 1 fully saturated rings. The molecule has 3 aromatic carbocycles. The van der Waals surface area contributed by atoms with Crippen molar-refractivity contribution in [3.8, 4) is 11.5 Å². The Labute approximate surface area is 188 Å². The average Bonchev–Trinajstić information content (AvgIpc) is 3.35. The number of benzene rings is 3. The molecule has 0 bridgehead atoms. The van der Waals surface area contributed by atoms with Crippen LogP contribution >= 0.6 is 11.8 Å². The number of imidazole rings is 1. The Balaban J connectivity index is 1.33. The molecule has 1 saturated heterocycles. The van der Waals surface area contributed by atoms with Crippen molar-refractivity contribution in [1.82, 2.24) is 14.9 Å². The van der Waals surface area contributed by atoms with Crippen LogP contribution in [0.25, 0.3) is 17.1 Å². The van der Waals surface area contributed by atoms with Crippen LogP contribution in [-0.4, -0.2) is 20.7 Å². The van der Waals surface area contributed by atoms with Gasteiger partial charge >= 0.3 is 0 Å². The fourth-order valence-corrected chi connectivity index (χ4v) is 4.27. The van der Waals surface area contributed by atoms with E-state index >= 15 is 0 Å². The maximum absolute atomic E-state index is 11.8. The van der Waals surface area contributed by atoms with Gasteiger partial charge in [0.15, 0.2) is 0 Å². The highest BCUT2D eigenvalue weighted by atomic mass is 32.2. The van der Waals surface area contributed by atoms with Gasteiger partial charge in [0.05, 0.1) is 22.3 Å². The first kappa shape index (κ1) is 20.1. The minimum absolute atomic E-state index is 0.344. The summed E-state index contributed by atoms with van der Waals surface area (Å²) in [6, 6.07) is 23.6. The summed E-state index contributed by atoms with van der Waals surface area (Å²) in [5.41, 5.74) is 3.79. The molecule has 1 N–H and O–H groups in total. The molecular formula is C25H19N3O3S. The molecule has 5 rings (SSSR count). The van der Waals surface area contributed by atoms with E-state index < -0.39 is 0 Å². The van der Waals surface area contributed by atoms with Crippen LogP contribution in [0.5, 0.6) is 11.5 Å². The first-order valence-electron chi connectivity index (χ1n) is 10.2. The van der Waals surface area contributed by atoms with Crippen LogP contribution in [0.3, 0.4) is 0 Å². The Morgan fingerprint density at radius 2 is 1.81 bits per heavy atom. The second-order valence-electron chi connectivity index (χ2n) is 7.31. The summed E-state index contributed by atoms with van der Waals surface area (Å²) in [7, 11) is 0. The number of amides is 2. The molecule has 0 aliphatic carbocycles. The maximum atomic E-state index is 11.8. The number of carbonyl (C=O) groups is 2. The monoisotopic (exact) mass is 441 g/mol. The number of rotatable bonds is 6. The highest BCUT2D eigenvalue weighted by molar-refractivity contribution is 8.18. The third-order valence-electron chi connectivity index (χ3n) is 5.15. The van der Waals surface area contributed by atoms with Crippen LogP contribution in [0.15, 0.2) is 84.0 Å². The summed E-state index contributed by atoms with van der Waals surface area (Å²) < 4.78 is 8.18. The zero-order chi connectivity index (χ0) is 21.9. The molecule has 32 heavy (non-hydrogen) atoms. The molecule has 0 atom stereocenters. The van der Waals surface area contributed by atoms with Crippen LogP contribution in [0.4, 0.5) is 4.79 Å². The molecule has 0 radical (unpaired) electrons. The van der Waals surface area contributed by atoms with E-state index in [0.29, 0.717) is 4.91 Å². The normalized spacial score (nSPS) is 14.8. The van der Waals surface area contributed by atoms with Gasteiger partial charge < -0.3 is 9.30 Å². The number of fused-ring (bicyclic) bond motifs is 1. The number of para-hydroxylation sites is 2. The van der Waals surface area contributed by atoms with Crippen molar-refractivity contribution >= 4 is 40.0 Å². The van der Waals surface area contributed by atoms with Crippen molar-refractivity contribution in [3.05, 3.63) is 95.2 Å². The quantitative estimate of drug-likeness (QED) is 0.406. The summed E-state index contributed by atoms with van der Waals surface area (Å²) in [5, 5.41) is 1.92. The molecule has 0 spiro atoms. The van der Waals surface area contributed by atoms with E-state index in [1.165, 1.54) is 0 Å². The van der Waals surface area contributed by atoms with Gasteiger partial charge in [-0.25, -0.2) is 4.98 Å². The minimum Gasteiger partial charge on any atom is -0.457 e. The van der Waals surface area contributed by atoms with E-state index in [2.05, 4.69) is 20.9 Å². The number of carbonyl (C=O) groups excluding carboxylic acids is 2. The number of nitrogens with zero attached hydrogens (tertiary/aromatic N) is 2. The third kappa shape index (κ3) is 4.29. The molecule has 1 aliphatic heterocycles. The largest absolute Gasteiger partial charge is 0.457 e. The molecule has 0 unspecified atom stereocenters. The molecule has 7 heteroatoms. The zero-order valence-corrected chi connectivity index (χ0v) is 17.8. The standard InChI is InChI=1S/C25H19N3O3S/c29-24-23(32-25(30)27-24)15-17-10-11-21-20(14-17)26-16-28(21)13-12-18-6-4-5-9-22(18)31-19-7-2-1-3-8-19/h1-11,14-16H,12-13H2,(H,27,29,30)/b23-15-. The molecule has 6 nitrogen and oxygen atoms in total. The number of imide groups is 1. The molecule has 2 amide bonds. The predicted molar refractivity (Wildman–Crippen MR) is 126 cm³/mol. The van der Waals surface area contributed by atoms with Crippen LogP contribution in [-0.2, 0) is 17.8 Å². The van der Waals surface area contributed by atoms with Gasteiger partial charge in [-0.05, 0) is 65.7 Å². The molecule has 158 valence electrons. The molecule has 0 saturated carbocycles. The first-order chi connectivity index (χ1) is 15.7. The number of hydrogen-bond acceptors (Lipinski definition) is 5. The van der Waals surface area contributed by atoms with Crippen molar-refractivity contribution in [2.45, 2.75) is 13.0 Å². The van der Waals surface area contributed by atoms with E-state index in [4.69, 9.17) is 4.74 Å². The van der Waals surface area contributed by atoms with Crippen LogP contribution in [0.1, 0.15) is 11.1 Å². The molecule has 4 aromatic rings. The number of hydrogen-bond donors (Lipinski definition) is 1. The van der Waals surface area contributed by atoms with Gasteiger partial charge in [-0.15, -0.1) is 0 Å². The Bertz CT molecular complexity index is 1350. The van der Waals surface area contributed by atoms with Gasteiger partial charge in [0.2, 0.25) is 0 Å². The van der Waals surface area contributed by atoms with Gasteiger partial charge in [-0.2, -0.15) is 0 Å². The van der Waals surface area contributed by atoms with Gasteiger partial charge in [0, 0.05) is 6.54 Å². The van der Waals surface area contributed by atoms with Crippen LogP contribution in [0.2, 0.25) is 0 Å². The van der Waals surface area contributed by atoms with E-state index in [0.717, 1.165) is 58.4 Å². The van der Waals surface area contributed by atoms with Crippen molar-refractivity contribution in [2.24, 2.45) is 0 Å². The number of ether oxygens (including phenoxy) is 1.